The quantitative estimate of drug-likeness (QED) is 0.798. The second-order valence-corrected chi connectivity index (χ2v) is 7.53. The van der Waals surface area contributed by atoms with Crippen molar-refractivity contribution in [1.82, 2.24) is 10.2 Å². The highest BCUT2D eigenvalue weighted by Gasteiger charge is 2.32. The van der Waals surface area contributed by atoms with E-state index in [0.29, 0.717) is 10.9 Å². The van der Waals surface area contributed by atoms with Gasteiger partial charge in [0.25, 0.3) is 0 Å². The van der Waals surface area contributed by atoms with Crippen LogP contribution in [-0.2, 0) is 12.7 Å². The fourth-order valence-electron chi connectivity index (χ4n) is 3.15. The van der Waals surface area contributed by atoms with Crippen LogP contribution in [0.1, 0.15) is 30.2 Å². The van der Waals surface area contributed by atoms with Crippen molar-refractivity contribution in [3.05, 3.63) is 46.8 Å². The van der Waals surface area contributed by atoms with E-state index in [4.69, 9.17) is 0 Å². The van der Waals surface area contributed by atoms with Crippen molar-refractivity contribution in [2.24, 2.45) is 0 Å². The maximum Gasteiger partial charge on any atom is 0.425 e. The number of hydrogen-bond acceptors (Lipinski definition) is 3. The minimum atomic E-state index is -4.26. The molecule has 25 heavy (non-hydrogen) atoms. The third-order valence-electron chi connectivity index (χ3n) is 4.75. The second-order valence-electron chi connectivity index (χ2n) is 6.45. The summed E-state index contributed by atoms with van der Waals surface area (Å²) < 4.78 is 38.1. The van der Waals surface area contributed by atoms with Crippen molar-refractivity contribution < 1.29 is 13.2 Å². The summed E-state index contributed by atoms with van der Waals surface area (Å²) in [6, 6.07) is 11.0. The largest absolute Gasteiger partial charge is 0.425 e. The fourth-order valence-corrected chi connectivity index (χ4v) is 4.03. The average Bonchev–Trinajstić information content (AvgIpc) is 3.11. The van der Waals surface area contributed by atoms with E-state index < -0.39 is 11.1 Å². The number of benzene rings is 1. The minimum Gasteiger partial charge on any atom is -0.310 e. The predicted octanol–water partition coefficient (Wildman–Crippen LogP) is 5.01. The number of halogens is 3. The number of thiophene rings is 1. The standard InChI is InChI=1S/C19H23F3N2S/c1-2-24-11-9-16(10-12-24)23-13-14-3-5-15(6-4-14)17-7-8-18(25-17)19(20,21)22/h3-8,16,23H,2,9-13H2,1H3. The third-order valence-corrected chi connectivity index (χ3v) is 5.93. The van der Waals surface area contributed by atoms with Crippen molar-refractivity contribution >= 4 is 11.3 Å². The van der Waals surface area contributed by atoms with Gasteiger partial charge in [-0.3, -0.25) is 0 Å². The van der Waals surface area contributed by atoms with Gasteiger partial charge in [0.2, 0.25) is 0 Å². The summed E-state index contributed by atoms with van der Waals surface area (Å²) in [5.74, 6) is 0. The molecule has 1 aliphatic rings. The molecule has 0 atom stereocenters. The molecule has 0 amide bonds. The molecule has 1 aromatic heterocycles. The number of hydrogen-bond donors (Lipinski definition) is 1. The summed E-state index contributed by atoms with van der Waals surface area (Å²) in [4.78, 5) is 2.56. The first-order chi connectivity index (χ1) is 12.0. The Morgan fingerprint density at radius 1 is 1.08 bits per heavy atom. The van der Waals surface area contributed by atoms with E-state index in [9.17, 15) is 13.2 Å². The van der Waals surface area contributed by atoms with Crippen LogP contribution in [0, 0.1) is 0 Å². The SMILES string of the molecule is CCN1CCC(NCc2ccc(-c3ccc(C(F)(F)F)s3)cc2)CC1. The molecule has 0 bridgehead atoms. The van der Waals surface area contributed by atoms with E-state index in [1.165, 1.54) is 12.8 Å². The molecule has 0 spiro atoms. The summed E-state index contributed by atoms with van der Waals surface area (Å²) >= 11 is 0.792. The van der Waals surface area contributed by atoms with Gasteiger partial charge in [0.1, 0.15) is 4.88 Å². The highest BCUT2D eigenvalue weighted by molar-refractivity contribution is 7.15. The molecule has 2 heterocycles. The van der Waals surface area contributed by atoms with E-state index >= 15 is 0 Å². The van der Waals surface area contributed by atoms with Crippen LogP contribution in [0.3, 0.4) is 0 Å². The number of piperidine rings is 1. The van der Waals surface area contributed by atoms with Gasteiger partial charge < -0.3 is 10.2 Å². The number of alkyl halides is 3. The van der Waals surface area contributed by atoms with E-state index in [-0.39, 0.29) is 0 Å². The van der Waals surface area contributed by atoms with Gasteiger partial charge in [-0.2, -0.15) is 13.2 Å². The molecular formula is C19H23F3N2S. The van der Waals surface area contributed by atoms with Crippen LogP contribution in [-0.4, -0.2) is 30.6 Å². The monoisotopic (exact) mass is 368 g/mol. The van der Waals surface area contributed by atoms with E-state index in [1.54, 1.807) is 6.07 Å². The maximum absolute atomic E-state index is 12.7. The summed E-state index contributed by atoms with van der Waals surface area (Å²) in [7, 11) is 0. The molecule has 0 radical (unpaired) electrons. The number of nitrogens with zero attached hydrogens (tertiary/aromatic N) is 1. The van der Waals surface area contributed by atoms with Crippen LogP contribution in [0.25, 0.3) is 10.4 Å². The summed E-state index contributed by atoms with van der Waals surface area (Å²) in [5, 5.41) is 3.59. The molecule has 1 N–H and O–H groups in total. The molecule has 136 valence electrons. The van der Waals surface area contributed by atoms with Gasteiger partial charge in [0, 0.05) is 17.5 Å². The molecule has 2 nitrogen and oxygen atoms in total. The van der Waals surface area contributed by atoms with Crippen molar-refractivity contribution in [3.63, 3.8) is 0 Å². The first kappa shape index (κ1) is 18.4. The third kappa shape index (κ3) is 4.84. The van der Waals surface area contributed by atoms with Gasteiger partial charge in [-0.15, -0.1) is 11.3 Å². The van der Waals surface area contributed by atoms with Crippen molar-refractivity contribution in [1.29, 1.82) is 0 Å². The molecule has 1 aliphatic heterocycles. The van der Waals surface area contributed by atoms with Crippen LogP contribution in [0.2, 0.25) is 0 Å². The van der Waals surface area contributed by atoms with Crippen molar-refractivity contribution in [2.75, 3.05) is 19.6 Å². The van der Waals surface area contributed by atoms with Gasteiger partial charge in [0.05, 0.1) is 0 Å². The lowest BCUT2D eigenvalue weighted by Gasteiger charge is -2.31. The maximum atomic E-state index is 12.7. The Balaban J connectivity index is 1.55. The molecule has 0 saturated carbocycles. The van der Waals surface area contributed by atoms with E-state index in [2.05, 4.69) is 17.1 Å². The molecular weight excluding hydrogens is 345 g/mol. The molecule has 0 unspecified atom stereocenters. The molecule has 6 heteroatoms. The normalized spacial score (nSPS) is 17.1. The van der Waals surface area contributed by atoms with Gasteiger partial charge in [0.15, 0.2) is 0 Å². The molecule has 2 aromatic rings. The van der Waals surface area contributed by atoms with Crippen LogP contribution >= 0.6 is 11.3 Å². The second kappa shape index (κ2) is 7.89. The van der Waals surface area contributed by atoms with Gasteiger partial charge >= 0.3 is 6.18 Å². The Bertz CT molecular complexity index is 671. The Morgan fingerprint density at radius 2 is 1.76 bits per heavy atom. The summed E-state index contributed by atoms with van der Waals surface area (Å²) in [6.07, 6.45) is -1.93. The number of nitrogens with one attached hydrogen (secondary N) is 1. The van der Waals surface area contributed by atoms with Crippen molar-refractivity contribution in [3.8, 4) is 10.4 Å². The Hall–Kier alpha value is -1.37. The topological polar surface area (TPSA) is 15.3 Å². The van der Waals surface area contributed by atoms with Crippen molar-refractivity contribution in [2.45, 2.75) is 38.5 Å². The molecule has 0 aliphatic carbocycles. The zero-order valence-electron chi connectivity index (χ0n) is 14.3. The predicted molar refractivity (Wildman–Crippen MR) is 96.7 cm³/mol. The number of rotatable bonds is 5. The Kier molecular flexibility index (Phi) is 5.81. The Morgan fingerprint density at radius 3 is 2.32 bits per heavy atom. The summed E-state index contributed by atoms with van der Waals surface area (Å²) in [5.41, 5.74) is 2.00. The van der Waals surface area contributed by atoms with Crippen LogP contribution in [0.4, 0.5) is 13.2 Å². The average molecular weight is 368 g/mol. The van der Waals surface area contributed by atoms with Crippen LogP contribution in [0.15, 0.2) is 36.4 Å². The fraction of sp³-hybridized carbons (Fsp3) is 0.474. The smallest absolute Gasteiger partial charge is 0.310 e. The van der Waals surface area contributed by atoms with E-state index in [0.717, 1.165) is 54.7 Å². The van der Waals surface area contributed by atoms with Crippen LogP contribution in [0.5, 0.6) is 0 Å². The van der Waals surface area contributed by atoms with Gasteiger partial charge in [-0.1, -0.05) is 31.2 Å². The highest BCUT2D eigenvalue weighted by atomic mass is 32.1. The van der Waals surface area contributed by atoms with E-state index in [1.807, 2.05) is 24.3 Å². The zero-order valence-corrected chi connectivity index (χ0v) is 15.1. The lowest BCUT2D eigenvalue weighted by atomic mass is 10.0. The van der Waals surface area contributed by atoms with Crippen LogP contribution < -0.4 is 5.32 Å². The van der Waals surface area contributed by atoms with Gasteiger partial charge in [-0.25, -0.2) is 0 Å². The molecule has 3 rings (SSSR count). The Labute approximate surface area is 150 Å². The first-order valence-electron chi connectivity index (χ1n) is 8.68. The minimum absolute atomic E-state index is 0.549. The zero-order chi connectivity index (χ0) is 17.9. The highest BCUT2D eigenvalue weighted by Crippen LogP contribution is 2.38. The lowest BCUT2D eigenvalue weighted by Crippen LogP contribution is -2.42. The molecule has 1 saturated heterocycles. The first-order valence-corrected chi connectivity index (χ1v) is 9.49. The summed E-state index contributed by atoms with van der Waals surface area (Å²) in [6.45, 7) is 6.41. The lowest BCUT2D eigenvalue weighted by molar-refractivity contribution is -0.134. The molecule has 1 fully saturated rings. The van der Waals surface area contributed by atoms with Gasteiger partial charge in [-0.05, 0) is 55.7 Å². The molecule has 1 aromatic carbocycles. The number of likely N-dealkylation sites (tertiary alicyclic amines) is 1.